The van der Waals surface area contributed by atoms with Gasteiger partial charge in [-0.2, -0.15) is 5.10 Å². The first-order valence-corrected chi connectivity index (χ1v) is 12.2. The first kappa shape index (κ1) is 19.4. The number of benzene rings is 1. The normalized spacial score (nSPS) is 15.8. The van der Waals surface area contributed by atoms with Gasteiger partial charge in [-0.3, -0.25) is 4.68 Å². The molecule has 158 valence electrons. The summed E-state index contributed by atoms with van der Waals surface area (Å²) in [5.74, 6) is 7.43. The molecule has 0 radical (unpaired) electrons. The van der Waals surface area contributed by atoms with Gasteiger partial charge in [0, 0.05) is 16.5 Å². The fourth-order valence-corrected chi connectivity index (χ4v) is 5.33. The summed E-state index contributed by atoms with van der Waals surface area (Å²) in [4.78, 5) is 14.3. The molecular formula is C23H19N7S2. The smallest absolute Gasteiger partial charge is 0.151 e. The Morgan fingerprint density at radius 2 is 2.22 bits per heavy atom. The van der Waals surface area contributed by atoms with Crippen LogP contribution in [0.15, 0.2) is 47.7 Å². The van der Waals surface area contributed by atoms with Crippen LogP contribution in [0.4, 0.5) is 11.5 Å². The number of fused-ring (bicyclic) bond motifs is 2. The van der Waals surface area contributed by atoms with Crippen molar-refractivity contribution < 1.29 is 0 Å². The van der Waals surface area contributed by atoms with Gasteiger partial charge in [0.2, 0.25) is 0 Å². The van der Waals surface area contributed by atoms with Gasteiger partial charge in [0.1, 0.15) is 6.33 Å². The SMILES string of the molecule is C(#C[C@@H]1CCCN1)c1cc2ncnc(Nc3ccc4c(cnn4Cc4cscn4)c3)c2s1. The Morgan fingerprint density at radius 3 is 3.09 bits per heavy atom. The van der Waals surface area contributed by atoms with Gasteiger partial charge in [-0.1, -0.05) is 11.8 Å². The molecule has 7 nitrogen and oxygen atoms in total. The molecule has 1 aliphatic rings. The van der Waals surface area contributed by atoms with E-state index in [1.165, 1.54) is 6.42 Å². The summed E-state index contributed by atoms with van der Waals surface area (Å²) in [6, 6.07) is 8.56. The minimum atomic E-state index is 0.298. The quantitative estimate of drug-likeness (QED) is 0.390. The summed E-state index contributed by atoms with van der Waals surface area (Å²) in [5, 5.41) is 14.5. The van der Waals surface area contributed by atoms with E-state index in [1.54, 1.807) is 29.0 Å². The van der Waals surface area contributed by atoms with Crippen LogP contribution in [0.3, 0.4) is 0 Å². The molecular weight excluding hydrogens is 438 g/mol. The highest BCUT2D eigenvalue weighted by molar-refractivity contribution is 7.20. The molecule has 1 aromatic carbocycles. The topological polar surface area (TPSA) is 80.5 Å². The minimum Gasteiger partial charge on any atom is -0.339 e. The molecule has 0 aliphatic carbocycles. The van der Waals surface area contributed by atoms with Crippen LogP contribution in [-0.2, 0) is 6.54 Å². The maximum absolute atomic E-state index is 4.53. The number of thiophene rings is 1. The van der Waals surface area contributed by atoms with Crippen LogP contribution in [0.2, 0.25) is 0 Å². The van der Waals surface area contributed by atoms with E-state index >= 15 is 0 Å². The summed E-state index contributed by atoms with van der Waals surface area (Å²) in [6.07, 6.45) is 5.79. The highest BCUT2D eigenvalue weighted by atomic mass is 32.1. The van der Waals surface area contributed by atoms with Gasteiger partial charge in [0.05, 0.1) is 50.6 Å². The van der Waals surface area contributed by atoms with Crippen molar-refractivity contribution in [3.8, 4) is 11.8 Å². The lowest BCUT2D eigenvalue weighted by Crippen LogP contribution is -2.18. The van der Waals surface area contributed by atoms with Gasteiger partial charge < -0.3 is 10.6 Å². The third kappa shape index (κ3) is 3.84. The molecule has 0 unspecified atom stereocenters. The van der Waals surface area contributed by atoms with Gasteiger partial charge in [-0.05, 0) is 43.7 Å². The summed E-state index contributed by atoms with van der Waals surface area (Å²) in [7, 11) is 0. The third-order valence-electron chi connectivity index (χ3n) is 5.44. The van der Waals surface area contributed by atoms with E-state index in [4.69, 9.17) is 0 Å². The molecule has 1 aliphatic heterocycles. The van der Waals surface area contributed by atoms with Gasteiger partial charge in [-0.25, -0.2) is 15.0 Å². The molecule has 5 aromatic rings. The Morgan fingerprint density at radius 1 is 1.22 bits per heavy atom. The molecule has 6 rings (SSSR count). The molecule has 5 heterocycles. The van der Waals surface area contributed by atoms with Crippen LogP contribution in [0, 0.1) is 11.8 Å². The Balaban J connectivity index is 1.27. The highest BCUT2D eigenvalue weighted by Gasteiger charge is 2.12. The molecule has 0 saturated carbocycles. The summed E-state index contributed by atoms with van der Waals surface area (Å²) in [6.45, 7) is 1.72. The number of anilines is 2. The standard InChI is InChI=1S/C23H19N7S2/c1-2-16(24-7-1)3-5-19-9-20-22(32-19)23(26-13-25-20)29-17-4-6-21-15(8-17)10-28-30(21)11-18-12-31-14-27-18/h4,6,8-10,12-14,16,24H,1-2,7,11H2,(H,25,26,29)/t16-/m0/s1. The molecule has 4 aromatic heterocycles. The van der Waals surface area contributed by atoms with Gasteiger partial charge in [-0.15, -0.1) is 22.7 Å². The fraction of sp³-hybridized carbons (Fsp3) is 0.217. The first-order chi connectivity index (χ1) is 15.8. The summed E-state index contributed by atoms with van der Waals surface area (Å²) >= 11 is 3.22. The van der Waals surface area contributed by atoms with E-state index in [0.29, 0.717) is 12.6 Å². The van der Waals surface area contributed by atoms with Crippen molar-refractivity contribution in [1.29, 1.82) is 0 Å². The third-order valence-corrected chi connectivity index (χ3v) is 7.12. The fourth-order valence-electron chi connectivity index (χ4n) is 3.87. The second kappa shape index (κ2) is 8.31. The molecule has 0 spiro atoms. The van der Waals surface area contributed by atoms with Crippen LogP contribution in [0.5, 0.6) is 0 Å². The number of hydrogen-bond acceptors (Lipinski definition) is 8. The largest absolute Gasteiger partial charge is 0.339 e. The van der Waals surface area contributed by atoms with Crippen LogP contribution in [-0.4, -0.2) is 37.3 Å². The zero-order valence-corrected chi connectivity index (χ0v) is 18.7. The number of hydrogen-bond donors (Lipinski definition) is 2. The molecule has 0 bridgehead atoms. The summed E-state index contributed by atoms with van der Waals surface area (Å²) < 4.78 is 2.98. The number of rotatable bonds is 4. The average Bonchev–Trinajstić information content (AvgIpc) is 3.60. The predicted octanol–water partition coefficient (Wildman–Crippen LogP) is 4.39. The number of aromatic nitrogens is 5. The molecule has 1 atom stereocenters. The van der Waals surface area contributed by atoms with Crippen molar-refractivity contribution in [1.82, 2.24) is 30.0 Å². The van der Waals surface area contributed by atoms with E-state index in [1.807, 2.05) is 27.8 Å². The first-order valence-electron chi connectivity index (χ1n) is 10.4. The molecule has 1 saturated heterocycles. The zero-order valence-electron chi connectivity index (χ0n) is 17.1. The van der Waals surface area contributed by atoms with Crippen LogP contribution in [0.1, 0.15) is 23.4 Å². The molecule has 2 N–H and O–H groups in total. The Labute approximate surface area is 192 Å². The van der Waals surface area contributed by atoms with Crippen molar-refractivity contribution in [2.75, 3.05) is 11.9 Å². The van der Waals surface area contributed by atoms with E-state index in [0.717, 1.165) is 56.2 Å². The molecule has 32 heavy (non-hydrogen) atoms. The number of thiazole rings is 1. The average molecular weight is 458 g/mol. The molecule has 1 fully saturated rings. The van der Waals surface area contributed by atoms with Crippen molar-refractivity contribution in [3.05, 3.63) is 58.3 Å². The second-order valence-electron chi connectivity index (χ2n) is 7.65. The highest BCUT2D eigenvalue weighted by Crippen LogP contribution is 2.31. The van der Waals surface area contributed by atoms with Crippen LogP contribution >= 0.6 is 22.7 Å². The zero-order chi connectivity index (χ0) is 21.3. The van der Waals surface area contributed by atoms with Crippen molar-refractivity contribution in [2.45, 2.75) is 25.4 Å². The Bertz CT molecular complexity index is 1450. The van der Waals surface area contributed by atoms with E-state index in [9.17, 15) is 0 Å². The van der Waals surface area contributed by atoms with Crippen LogP contribution < -0.4 is 10.6 Å². The Hall–Kier alpha value is -3.32. The number of nitrogens with zero attached hydrogens (tertiary/aromatic N) is 5. The van der Waals surface area contributed by atoms with Crippen molar-refractivity contribution in [2.24, 2.45) is 0 Å². The lowest BCUT2D eigenvalue weighted by atomic mass is 10.2. The lowest BCUT2D eigenvalue weighted by Gasteiger charge is -2.07. The lowest BCUT2D eigenvalue weighted by molar-refractivity contribution is 0.700. The molecule has 9 heteroatoms. The monoisotopic (exact) mass is 457 g/mol. The van der Waals surface area contributed by atoms with E-state index in [2.05, 4.69) is 60.7 Å². The minimum absolute atomic E-state index is 0.298. The summed E-state index contributed by atoms with van der Waals surface area (Å²) in [5.41, 5.74) is 5.81. The second-order valence-corrected chi connectivity index (χ2v) is 9.42. The van der Waals surface area contributed by atoms with Gasteiger partial charge in [0.15, 0.2) is 5.82 Å². The maximum Gasteiger partial charge on any atom is 0.151 e. The van der Waals surface area contributed by atoms with Crippen molar-refractivity contribution >= 4 is 55.3 Å². The van der Waals surface area contributed by atoms with E-state index < -0.39 is 0 Å². The van der Waals surface area contributed by atoms with Gasteiger partial charge in [0.25, 0.3) is 0 Å². The van der Waals surface area contributed by atoms with Crippen LogP contribution in [0.25, 0.3) is 21.1 Å². The number of nitrogens with one attached hydrogen (secondary N) is 2. The maximum atomic E-state index is 4.53. The van der Waals surface area contributed by atoms with E-state index in [-0.39, 0.29) is 0 Å². The predicted molar refractivity (Wildman–Crippen MR) is 130 cm³/mol. The van der Waals surface area contributed by atoms with Crippen molar-refractivity contribution in [3.63, 3.8) is 0 Å². The molecule has 0 amide bonds. The van der Waals surface area contributed by atoms with Gasteiger partial charge >= 0.3 is 0 Å². The Kier molecular flexibility index (Phi) is 5.03.